The summed E-state index contributed by atoms with van der Waals surface area (Å²) in [5.74, 6) is -0.355. The number of nitrogens with zero attached hydrogens (tertiary/aromatic N) is 2. The van der Waals surface area contributed by atoms with Gasteiger partial charge in [0.05, 0.1) is 18.0 Å². The van der Waals surface area contributed by atoms with Crippen LogP contribution in [0.4, 0.5) is 11.4 Å². The lowest BCUT2D eigenvalue weighted by molar-refractivity contribution is 0.102. The molecule has 6 heteroatoms. The molecule has 0 bridgehead atoms. The topological polar surface area (TPSA) is 87.7 Å². The van der Waals surface area contributed by atoms with E-state index in [-0.39, 0.29) is 23.6 Å². The van der Waals surface area contributed by atoms with Crippen molar-refractivity contribution in [1.82, 2.24) is 4.98 Å². The number of fused-ring (bicyclic) bond motifs is 2. The molecule has 5 aromatic rings. The van der Waals surface area contributed by atoms with Crippen LogP contribution in [0.15, 0.2) is 88.4 Å². The molecule has 3 aromatic carbocycles. The van der Waals surface area contributed by atoms with Crippen molar-refractivity contribution in [2.75, 3.05) is 5.32 Å². The Hall–Kier alpha value is -4.29. The van der Waals surface area contributed by atoms with Crippen LogP contribution in [0.1, 0.15) is 27.2 Å². The number of aromatic nitrogens is 1. The Labute approximate surface area is 196 Å². The number of aliphatic hydroxyl groups excluding tert-OH is 1. The number of aryl methyl sites for hydroxylation is 2. The smallest absolute Gasteiger partial charge is 0.261 e. The summed E-state index contributed by atoms with van der Waals surface area (Å²) in [7, 11) is 0. The van der Waals surface area contributed by atoms with Crippen molar-refractivity contribution in [3.8, 4) is 0 Å². The molecule has 2 aromatic heterocycles. The summed E-state index contributed by atoms with van der Waals surface area (Å²) in [5, 5.41) is 15.4. The summed E-state index contributed by atoms with van der Waals surface area (Å²) in [6.07, 6.45) is 1.59. The Balaban J connectivity index is 1.70. The first kappa shape index (κ1) is 21.6. The SMILES string of the molecule is Cc1ccc(N=c2oc3c(C)ncc(CO)c3cc2C(=O)Nc2cccc3ccccc23)cc1. The van der Waals surface area contributed by atoms with Gasteiger partial charge in [-0.1, -0.05) is 54.1 Å². The van der Waals surface area contributed by atoms with E-state index in [0.717, 1.165) is 16.3 Å². The first-order chi connectivity index (χ1) is 16.5. The molecule has 34 heavy (non-hydrogen) atoms. The van der Waals surface area contributed by atoms with E-state index in [1.54, 1.807) is 12.3 Å². The fourth-order valence-corrected chi connectivity index (χ4v) is 3.92. The van der Waals surface area contributed by atoms with Gasteiger partial charge in [-0.15, -0.1) is 0 Å². The van der Waals surface area contributed by atoms with E-state index in [9.17, 15) is 9.90 Å². The molecule has 1 amide bonds. The number of hydrogen-bond donors (Lipinski definition) is 2. The highest BCUT2D eigenvalue weighted by molar-refractivity contribution is 6.10. The summed E-state index contributed by atoms with van der Waals surface area (Å²) in [6, 6.07) is 23.0. The van der Waals surface area contributed by atoms with Crippen LogP contribution in [-0.2, 0) is 6.61 Å². The molecule has 0 fully saturated rings. The lowest BCUT2D eigenvalue weighted by Gasteiger charge is -2.11. The maximum Gasteiger partial charge on any atom is 0.261 e. The molecular weight excluding hydrogens is 426 g/mol. The van der Waals surface area contributed by atoms with Crippen LogP contribution >= 0.6 is 0 Å². The largest absolute Gasteiger partial charge is 0.436 e. The number of nitrogens with one attached hydrogen (secondary N) is 1. The van der Waals surface area contributed by atoms with Crippen molar-refractivity contribution in [3.63, 3.8) is 0 Å². The maximum atomic E-state index is 13.5. The zero-order valence-corrected chi connectivity index (χ0v) is 18.9. The van der Waals surface area contributed by atoms with Crippen LogP contribution in [0.5, 0.6) is 0 Å². The molecule has 0 unspecified atom stereocenters. The third-order valence-corrected chi connectivity index (χ3v) is 5.77. The molecule has 6 nitrogen and oxygen atoms in total. The second kappa shape index (κ2) is 8.92. The van der Waals surface area contributed by atoms with E-state index in [0.29, 0.717) is 33.6 Å². The lowest BCUT2D eigenvalue weighted by Crippen LogP contribution is -2.22. The van der Waals surface area contributed by atoms with Gasteiger partial charge in [-0.05, 0) is 43.5 Å². The lowest BCUT2D eigenvalue weighted by atomic mass is 10.1. The molecule has 0 spiro atoms. The fraction of sp³-hybridized carbons (Fsp3) is 0.107. The Kier molecular flexibility index (Phi) is 5.65. The standard InChI is InChI=1S/C28H23N3O3/c1-17-10-12-21(13-11-17)30-28-24(14-23-20(16-32)15-29-18(2)26(23)34-28)27(33)31-25-9-5-7-19-6-3-4-8-22(19)25/h3-15,32H,16H2,1-2H3,(H,31,33). The number of amides is 1. The Morgan fingerprint density at radius 1 is 1.00 bits per heavy atom. The van der Waals surface area contributed by atoms with Crippen molar-refractivity contribution in [1.29, 1.82) is 0 Å². The second-order valence-corrected chi connectivity index (χ2v) is 8.16. The second-order valence-electron chi connectivity index (χ2n) is 8.16. The van der Waals surface area contributed by atoms with Crippen LogP contribution in [0.3, 0.4) is 0 Å². The fourth-order valence-electron chi connectivity index (χ4n) is 3.92. The summed E-state index contributed by atoms with van der Waals surface area (Å²) >= 11 is 0. The highest BCUT2D eigenvalue weighted by Gasteiger charge is 2.17. The van der Waals surface area contributed by atoms with Crippen LogP contribution in [-0.4, -0.2) is 16.0 Å². The van der Waals surface area contributed by atoms with Crippen molar-refractivity contribution in [3.05, 3.63) is 107 Å². The minimum Gasteiger partial charge on any atom is -0.436 e. The minimum absolute atomic E-state index is 0.175. The van der Waals surface area contributed by atoms with E-state index >= 15 is 0 Å². The quantitative estimate of drug-likeness (QED) is 0.375. The highest BCUT2D eigenvalue weighted by Crippen LogP contribution is 2.25. The van der Waals surface area contributed by atoms with Crippen molar-refractivity contribution in [2.45, 2.75) is 20.5 Å². The third-order valence-electron chi connectivity index (χ3n) is 5.77. The molecule has 0 atom stereocenters. The van der Waals surface area contributed by atoms with Crippen molar-refractivity contribution < 1.29 is 14.3 Å². The van der Waals surface area contributed by atoms with E-state index in [4.69, 9.17) is 4.42 Å². The summed E-state index contributed by atoms with van der Waals surface area (Å²) < 4.78 is 6.15. The number of benzene rings is 3. The maximum absolute atomic E-state index is 13.5. The Morgan fingerprint density at radius 2 is 1.76 bits per heavy atom. The Bertz CT molecular complexity index is 1600. The van der Waals surface area contributed by atoms with Gasteiger partial charge in [0.25, 0.3) is 5.91 Å². The monoisotopic (exact) mass is 449 g/mol. The molecule has 0 saturated heterocycles. The van der Waals surface area contributed by atoms with Gasteiger partial charge in [0, 0.05) is 28.2 Å². The van der Waals surface area contributed by atoms with Gasteiger partial charge in [0.1, 0.15) is 5.56 Å². The third kappa shape index (κ3) is 4.07. The predicted octanol–water partition coefficient (Wildman–Crippen LogP) is 5.57. The number of anilines is 1. The normalized spacial score (nSPS) is 11.8. The molecule has 2 N–H and O–H groups in total. The molecule has 0 aliphatic rings. The summed E-state index contributed by atoms with van der Waals surface area (Å²) in [4.78, 5) is 22.5. The minimum atomic E-state index is -0.355. The zero-order valence-electron chi connectivity index (χ0n) is 18.9. The van der Waals surface area contributed by atoms with Gasteiger partial charge < -0.3 is 14.8 Å². The molecule has 0 radical (unpaired) electrons. The molecule has 2 heterocycles. The number of aliphatic hydroxyl groups is 1. The van der Waals surface area contributed by atoms with E-state index in [2.05, 4.69) is 15.3 Å². The average Bonchev–Trinajstić information content (AvgIpc) is 2.86. The van der Waals surface area contributed by atoms with Crippen molar-refractivity contribution >= 4 is 39.0 Å². The van der Waals surface area contributed by atoms with Crippen LogP contribution in [0.2, 0.25) is 0 Å². The molecular formula is C28H23N3O3. The molecule has 168 valence electrons. The number of carbonyl (C=O) groups excluding carboxylic acids is 1. The van der Waals surface area contributed by atoms with Crippen LogP contribution in [0.25, 0.3) is 21.7 Å². The summed E-state index contributed by atoms with van der Waals surface area (Å²) in [6.45, 7) is 3.59. The molecule has 0 saturated carbocycles. The number of pyridine rings is 1. The van der Waals surface area contributed by atoms with Gasteiger partial charge in [0.15, 0.2) is 5.58 Å². The van der Waals surface area contributed by atoms with Gasteiger partial charge in [-0.2, -0.15) is 0 Å². The summed E-state index contributed by atoms with van der Waals surface area (Å²) in [5.41, 5.74) is 4.61. The van der Waals surface area contributed by atoms with Gasteiger partial charge in [0.2, 0.25) is 5.55 Å². The van der Waals surface area contributed by atoms with Crippen LogP contribution in [0, 0.1) is 13.8 Å². The first-order valence-corrected chi connectivity index (χ1v) is 11.0. The highest BCUT2D eigenvalue weighted by atomic mass is 16.3. The predicted molar refractivity (Wildman–Crippen MR) is 133 cm³/mol. The van der Waals surface area contributed by atoms with Gasteiger partial charge in [-0.3, -0.25) is 9.78 Å². The number of rotatable bonds is 4. The van der Waals surface area contributed by atoms with Gasteiger partial charge >= 0.3 is 0 Å². The molecule has 0 aliphatic heterocycles. The molecule has 5 rings (SSSR count). The van der Waals surface area contributed by atoms with E-state index < -0.39 is 0 Å². The van der Waals surface area contributed by atoms with Crippen molar-refractivity contribution in [2.24, 2.45) is 4.99 Å². The van der Waals surface area contributed by atoms with E-state index in [1.807, 2.05) is 80.6 Å². The average molecular weight is 450 g/mol. The van der Waals surface area contributed by atoms with Gasteiger partial charge in [-0.25, -0.2) is 4.99 Å². The zero-order chi connectivity index (χ0) is 23.7. The molecule has 0 aliphatic carbocycles. The van der Waals surface area contributed by atoms with E-state index in [1.165, 1.54) is 0 Å². The number of hydrogen-bond acceptors (Lipinski definition) is 5. The number of carbonyl (C=O) groups is 1. The Morgan fingerprint density at radius 3 is 2.56 bits per heavy atom. The first-order valence-electron chi connectivity index (χ1n) is 11.0. The van der Waals surface area contributed by atoms with Crippen LogP contribution < -0.4 is 10.9 Å².